The molecule has 0 spiro atoms. The number of hydrogen-bond donors (Lipinski definition) is 4. The van der Waals surface area contributed by atoms with Gasteiger partial charge in [0.2, 0.25) is 0 Å². The van der Waals surface area contributed by atoms with Crippen molar-refractivity contribution in [2.45, 2.75) is 96.1 Å². The van der Waals surface area contributed by atoms with Gasteiger partial charge in [0.05, 0.1) is 47.4 Å². The molecule has 1 saturated heterocycles. The third-order valence-corrected chi connectivity index (χ3v) is 10.4. The molecular formula is C30H40O9. The van der Waals surface area contributed by atoms with Gasteiger partial charge in [0, 0.05) is 24.7 Å². The van der Waals surface area contributed by atoms with Crippen LogP contribution >= 0.6 is 0 Å². The van der Waals surface area contributed by atoms with E-state index in [-0.39, 0.29) is 25.0 Å². The average molecular weight is 545 g/mol. The monoisotopic (exact) mass is 544 g/mol. The van der Waals surface area contributed by atoms with Crippen LogP contribution in [0, 0.1) is 22.7 Å². The minimum Gasteiger partial charge on any atom is -0.457 e. The number of hydrogen-bond acceptors (Lipinski definition) is 9. The fourth-order valence-corrected chi connectivity index (χ4v) is 8.47. The van der Waals surface area contributed by atoms with Crippen LogP contribution in [0.15, 0.2) is 41.5 Å². The molecule has 4 aliphatic rings. The Hall–Kier alpha value is -2.30. The molecule has 4 N–H and O–H groups in total. The highest BCUT2D eigenvalue weighted by molar-refractivity contribution is 5.89. The van der Waals surface area contributed by atoms with Crippen molar-refractivity contribution in [3.63, 3.8) is 0 Å². The predicted molar refractivity (Wildman–Crippen MR) is 139 cm³/mol. The summed E-state index contributed by atoms with van der Waals surface area (Å²) in [5.41, 5.74) is -4.16. The predicted octanol–water partition coefficient (Wildman–Crippen LogP) is 2.15. The number of carbonyl (C=O) groups is 2. The smallest absolute Gasteiger partial charge is 0.338 e. The van der Waals surface area contributed by atoms with E-state index in [0.29, 0.717) is 11.1 Å². The Labute approximate surface area is 228 Å². The van der Waals surface area contributed by atoms with Crippen molar-refractivity contribution in [2.24, 2.45) is 22.7 Å². The maximum Gasteiger partial charge on any atom is 0.338 e. The van der Waals surface area contributed by atoms with Gasteiger partial charge in [-0.1, -0.05) is 37.6 Å². The number of rotatable bonds is 4. The number of ether oxygens (including phenoxy) is 3. The molecule has 9 nitrogen and oxygen atoms in total. The van der Waals surface area contributed by atoms with Crippen LogP contribution in [0.3, 0.4) is 0 Å². The molecule has 0 radical (unpaired) electrons. The molecule has 9 heteroatoms. The van der Waals surface area contributed by atoms with Crippen molar-refractivity contribution < 1.29 is 44.2 Å². The van der Waals surface area contributed by atoms with Crippen LogP contribution in [0.2, 0.25) is 0 Å². The van der Waals surface area contributed by atoms with Crippen molar-refractivity contribution in [1.29, 1.82) is 0 Å². The van der Waals surface area contributed by atoms with Gasteiger partial charge >= 0.3 is 11.9 Å². The van der Waals surface area contributed by atoms with E-state index >= 15 is 0 Å². The van der Waals surface area contributed by atoms with Crippen LogP contribution in [-0.2, 0) is 19.0 Å². The van der Waals surface area contributed by atoms with Gasteiger partial charge in [-0.2, -0.15) is 0 Å². The highest BCUT2D eigenvalue weighted by atomic mass is 16.6. The van der Waals surface area contributed by atoms with E-state index in [1.807, 2.05) is 0 Å². The lowest BCUT2D eigenvalue weighted by Gasteiger charge is -2.65. The second kappa shape index (κ2) is 9.11. The zero-order chi connectivity index (χ0) is 28.7. The molecule has 10 atom stereocenters. The summed E-state index contributed by atoms with van der Waals surface area (Å²) in [7, 11) is 0. The van der Waals surface area contributed by atoms with Crippen LogP contribution in [0.4, 0.5) is 0 Å². The van der Waals surface area contributed by atoms with Crippen molar-refractivity contribution in [3.8, 4) is 0 Å². The Morgan fingerprint density at radius 2 is 1.77 bits per heavy atom. The summed E-state index contributed by atoms with van der Waals surface area (Å²) < 4.78 is 18.3. The molecule has 3 aliphatic carbocycles. The van der Waals surface area contributed by atoms with Gasteiger partial charge in [0.15, 0.2) is 5.60 Å². The van der Waals surface area contributed by atoms with Crippen LogP contribution in [0.1, 0.15) is 64.7 Å². The van der Waals surface area contributed by atoms with Crippen LogP contribution < -0.4 is 0 Å². The van der Waals surface area contributed by atoms with Crippen molar-refractivity contribution in [3.05, 3.63) is 47.0 Å². The summed E-state index contributed by atoms with van der Waals surface area (Å²) in [6, 6.07) is 8.42. The Balaban J connectivity index is 1.83. The molecule has 1 heterocycles. The first-order valence-corrected chi connectivity index (χ1v) is 13.7. The van der Waals surface area contributed by atoms with Crippen molar-refractivity contribution in [1.82, 2.24) is 0 Å². The van der Waals surface area contributed by atoms with E-state index in [4.69, 9.17) is 14.2 Å². The Morgan fingerprint density at radius 3 is 2.31 bits per heavy atom. The summed E-state index contributed by atoms with van der Waals surface area (Å²) in [5, 5.41) is 46.9. The molecule has 0 amide bonds. The number of fused-ring (bicyclic) bond motifs is 4. The maximum atomic E-state index is 13.8. The first-order chi connectivity index (χ1) is 18.1. The summed E-state index contributed by atoms with van der Waals surface area (Å²) in [5.74, 6) is -2.85. The SMILES string of the molecule is CC(=O)O[C@@]12CO[C@@H]1C[C@H](O)[C@]1(C)[C@@H]2[C@H](OC(=O)c2ccccc2)[C@]2(C(C)(C)O)CC(O)C(C)=C2[C@H](C)[C@@H]1O. The van der Waals surface area contributed by atoms with Crippen molar-refractivity contribution in [2.75, 3.05) is 6.61 Å². The average Bonchev–Trinajstić information content (AvgIpc) is 3.11. The van der Waals surface area contributed by atoms with Crippen LogP contribution in [0.25, 0.3) is 0 Å². The molecule has 0 bridgehead atoms. The largest absolute Gasteiger partial charge is 0.457 e. The van der Waals surface area contributed by atoms with E-state index in [1.54, 1.807) is 65.0 Å². The zero-order valence-electron chi connectivity index (χ0n) is 23.4. The van der Waals surface area contributed by atoms with E-state index in [0.717, 1.165) is 0 Å². The maximum absolute atomic E-state index is 13.8. The number of carbonyl (C=O) groups excluding carboxylic acids is 2. The van der Waals surface area contributed by atoms with E-state index in [1.165, 1.54) is 6.92 Å². The van der Waals surface area contributed by atoms with Crippen LogP contribution in [0.5, 0.6) is 0 Å². The van der Waals surface area contributed by atoms with Crippen molar-refractivity contribution >= 4 is 11.9 Å². The second-order valence-corrected chi connectivity index (χ2v) is 12.7. The zero-order valence-corrected chi connectivity index (χ0v) is 23.4. The molecule has 0 aromatic heterocycles. The standard InChI is InChI=1S/C30H40O9/c1-15-19(32)13-29(27(4,5)36)22(15)16(2)24(34)28(6)20(33)12-21-30(14-37-21,39-17(3)31)23(28)25(29)38-26(35)18-10-8-7-9-11-18/h7-11,16,19-21,23-25,32-34,36H,12-14H2,1-6H3/t16-,19?,20-,21+,23-,24-,25-,28+,29-,30-/m0/s1. The first kappa shape index (κ1) is 28.2. The Morgan fingerprint density at radius 1 is 1.13 bits per heavy atom. The van der Waals surface area contributed by atoms with Gasteiger partial charge in [0.1, 0.15) is 12.2 Å². The Kier molecular flexibility index (Phi) is 6.59. The van der Waals surface area contributed by atoms with Crippen LogP contribution in [-0.4, -0.2) is 80.7 Å². The Bertz CT molecular complexity index is 1190. The highest BCUT2D eigenvalue weighted by Gasteiger charge is 2.78. The number of aliphatic hydroxyl groups excluding tert-OH is 3. The fourth-order valence-electron chi connectivity index (χ4n) is 8.47. The first-order valence-electron chi connectivity index (χ1n) is 13.7. The summed E-state index contributed by atoms with van der Waals surface area (Å²) in [6.07, 6.45) is -5.04. The van der Waals surface area contributed by atoms with Gasteiger partial charge in [-0.15, -0.1) is 0 Å². The van der Waals surface area contributed by atoms with Gasteiger partial charge in [-0.3, -0.25) is 4.79 Å². The van der Waals surface area contributed by atoms with Gasteiger partial charge in [-0.05, 0) is 44.9 Å². The normalized spacial score (nSPS) is 43.4. The lowest BCUT2D eigenvalue weighted by molar-refractivity contribution is -0.350. The molecule has 214 valence electrons. The van der Waals surface area contributed by atoms with E-state index in [2.05, 4.69) is 0 Å². The molecule has 5 rings (SSSR count). The molecule has 2 saturated carbocycles. The lowest BCUT2D eigenvalue weighted by atomic mass is 9.49. The molecule has 1 aromatic rings. The third kappa shape index (κ3) is 3.70. The minimum absolute atomic E-state index is 0.0197. The summed E-state index contributed by atoms with van der Waals surface area (Å²) in [6.45, 7) is 9.78. The molecule has 1 unspecified atom stereocenters. The van der Waals surface area contributed by atoms with Gasteiger partial charge in [-0.25, -0.2) is 4.79 Å². The second-order valence-electron chi connectivity index (χ2n) is 12.7. The topological polar surface area (TPSA) is 143 Å². The van der Waals surface area contributed by atoms with E-state index < -0.39 is 76.3 Å². The number of aliphatic hydroxyl groups is 4. The summed E-state index contributed by atoms with van der Waals surface area (Å²) >= 11 is 0. The molecule has 1 aliphatic heterocycles. The van der Waals surface area contributed by atoms with Gasteiger partial charge < -0.3 is 34.6 Å². The quantitative estimate of drug-likeness (QED) is 0.331. The molecule has 1 aromatic carbocycles. The third-order valence-electron chi connectivity index (χ3n) is 10.4. The van der Waals surface area contributed by atoms with E-state index in [9.17, 15) is 30.0 Å². The molecule has 3 fully saturated rings. The minimum atomic E-state index is -1.57. The number of benzene rings is 1. The number of esters is 2. The lowest BCUT2D eigenvalue weighted by Crippen LogP contribution is -2.78. The fraction of sp³-hybridized carbons (Fsp3) is 0.667. The molecular weight excluding hydrogens is 504 g/mol. The highest BCUT2D eigenvalue weighted by Crippen LogP contribution is 2.68. The van der Waals surface area contributed by atoms with Gasteiger partial charge in [0.25, 0.3) is 0 Å². The molecule has 39 heavy (non-hydrogen) atoms. The summed E-state index contributed by atoms with van der Waals surface area (Å²) in [4.78, 5) is 26.3.